The lowest BCUT2D eigenvalue weighted by molar-refractivity contribution is -0.139. The molecule has 30 heavy (non-hydrogen) atoms. The minimum Gasteiger partial charge on any atom is -0.361 e. The summed E-state index contributed by atoms with van der Waals surface area (Å²) in [7, 11) is 3.45. The summed E-state index contributed by atoms with van der Waals surface area (Å²) in [5.41, 5.74) is 1.27. The van der Waals surface area contributed by atoms with E-state index in [0.29, 0.717) is 30.7 Å². The topological polar surface area (TPSA) is 66.7 Å². The number of carbonyl (C=O) groups is 2. The first-order valence-corrected chi connectivity index (χ1v) is 10.1. The predicted octanol–water partition coefficient (Wildman–Crippen LogP) is 3.65. The van der Waals surface area contributed by atoms with E-state index in [-0.39, 0.29) is 11.8 Å². The molecule has 0 N–H and O–H groups in total. The number of hydrogen-bond acceptors (Lipinski definition) is 4. The Bertz CT molecular complexity index is 1030. The fourth-order valence-corrected chi connectivity index (χ4v) is 4.24. The maximum absolute atomic E-state index is 13.4. The minimum absolute atomic E-state index is 0.0954. The summed E-state index contributed by atoms with van der Waals surface area (Å²) in [6, 6.07) is 20.7. The van der Waals surface area contributed by atoms with Crippen LogP contribution < -0.4 is 0 Å². The van der Waals surface area contributed by atoms with Crippen molar-refractivity contribution in [1.82, 2.24) is 15.0 Å². The van der Waals surface area contributed by atoms with Crippen LogP contribution >= 0.6 is 0 Å². The van der Waals surface area contributed by atoms with E-state index in [1.54, 1.807) is 36.0 Å². The number of aromatic nitrogens is 1. The Morgan fingerprint density at radius 2 is 1.73 bits per heavy atom. The number of amides is 2. The third kappa shape index (κ3) is 3.61. The lowest BCUT2D eigenvalue weighted by Crippen LogP contribution is -2.58. The molecule has 1 aromatic heterocycles. The summed E-state index contributed by atoms with van der Waals surface area (Å²) >= 11 is 0. The molecule has 0 saturated carbocycles. The van der Waals surface area contributed by atoms with E-state index in [4.69, 9.17) is 4.52 Å². The normalized spacial score (nSPS) is 18.4. The van der Waals surface area contributed by atoms with Gasteiger partial charge in [-0.15, -0.1) is 0 Å². The third-order valence-electron chi connectivity index (χ3n) is 5.65. The smallest absolute Gasteiger partial charge is 0.254 e. The standard InChI is InChI=1S/C24H25N3O3/c1-26(2)23(29)24(14-9-15-27(24)22(28)19-12-7-4-8-13-19)17-20-16-21(25-30-20)18-10-5-3-6-11-18/h3-8,10-13,16H,9,14-15,17H2,1-2H3/t24-/m0/s1. The highest BCUT2D eigenvalue weighted by molar-refractivity contribution is 5.99. The average Bonchev–Trinajstić information content (AvgIpc) is 3.42. The highest BCUT2D eigenvalue weighted by Gasteiger charge is 2.51. The van der Waals surface area contributed by atoms with Crippen LogP contribution in [0, 0.1) is 0 Å². The van der Waals surface area contributed by atoms with E-state index < -0.39 is 5.54 Å². The largest absolute Gasteiger partial charge is 0.361 e. The third-order valence-corrected chi connectivity index (χ3v) is 5.65. The van der Waals surface area contributed by atoms with Gasteiger partial charge in [0.25, 0.3) is 5.91 Å². The molecule has 0 spiro atoms. The van der Waals surface area contributed by atoms with Crippen LogP contribution in [0.25, 0.3) is 11.3 Å². The molecule has 1 saturated heterocycles. The van der Waals surface area contributed by atoms with Crippen molar-refractivity contribution < 1.29 is 14.1 Å². The summed E-state index contributed by atoms with van der Waals surface area (Å²) in [6.07, 6.45) is 1.64. The number of carbonyl (C=O) groups excluding carboxylic acids is 2. The molecule has 1 aliphatic heterocycles. The highest BCUT2D eigenvalue weighted by Crippen LogP contribution is 2.36. The fraction of sp³-hybridized carbons (Fsp3) is 0.292. The molecule has 6 heteroatoms. The molecule has 1 fully saturated rings. The Kier molecular flexibility index (Phi) is 5.40. The van der Waals surface area contributed by atoms with Crippen molar-refractivity contribution in [3.63, 3.8) is 0 Å². The van der Waals surface area contributed by atoms with Crippen molar-refractivity contribution in [2.75, 3.05) is 20.6 Å². The van der Waals surface area contributed by atoms with Crippen LogP contribution in [0.3, 0.4) is 0 Å². The van der Waals surface area contributed by atoms with Crippen LogP contribution in [0.15, 0.2) is 71.3 Å². The number of nitrogens with zero attached hydrogens (tertiary/aromatic N) is 3. The monoisotopic (exact) mass is 403 g/mol. The maximum atomic E-state index is 13.4. The first kappa shape index (κ1) is 19.9. The number of benzene rings is 2. The van der Waals surface area contributed by atoms with E-state index in [0.717, 1.165) is 17.7 Å². The van der Waals surface area contributed by atoms with Gasteiger partial charge in [0.1, 0.15) is 17.0 Å². The van der Waals surface area contributed by atoms with Gasteiger partial charge in [0.05, 0.1) is 0 Å². The van der Waals surface area contributed by atoms with E-state index in [2.05, 4.69) is 5.16 Å². The van der Waals surface area contributed by atoms with Crippen molar-refractivity contribution in [2.24, 2.45) is 0 Å². The quantitative estimate of drug-likeness (QED) is 0.652. The molecule has 154 valence electrons. The van der Waals surface area contributed by atoms with Crippen molar-refractivity contribution in [3.8, 4) is 11.3 Å². The summed E-state index contributed by atoms with van der Waals surface area (Å²) in [5, 5.41) is 4.19. The Balaban J connectivity index is 1.69. The van der Waals surface area contributed by atoms with Crippen LogP contribution in [0.5, 0.6) is 0 Å². The zero-order valence-corrected chi connectivity index (χ0v) is 17.2. The first-order chi connectivity index (χ1) is 14.5. The molecule has 0 aliphatic carbocycles. The summed E-state index contributed by atoms with van der Waals surface area (Å²) in [4.78, 5) is 30.0. The van der Waals surface area contributed by atoms with Crippen molar-refractivity contribution >= 4 is 11.8 Å². The fourth-order valence-electron chi connectivity index (χ4n) is 4.24. The Morgan fingerprint density at radius 1 is 1.07 bits per heavy atom. The second kappa shape index (κ2) is 8.14. The number of hydrogen-bond donors (Lipinski definition) is 0. The van der Waals surface area contributed by atoms with Gasteiger partial charge in [-0.1, -0.05) is 53.7 Å². The van der Waals surface area contributed by atoms with E-state index in [1.807, 2.05) is 54.6 Å². The van der Waals surface area contributed by atoms with E-state index in [1.165, 1.54) is 0 Å². The first-order valence-electron chi connectivity index (χ1n) is 10.1. The van der Waals surface area contributed by atoms with Gasteiger partial charge in [-0.25, -0.2) is 0 Å². The van der Waals surface area contributed by atoms with Gasteiger partial charge in [0.2, 0.25) is 5.91 Å². The lowest BCUT2D eigenvalue weighted by Gasteiger charge is -2.38. The molecule has 1 aliphatic rings. The highest BCUT2D eigenvalue weighted by atomic mass is 16.5. The lowest BCUT2D eigenvalue weighted by atomic mass is 9.88. The molecule has 0 bridgehead atoms. The average molecular weight is 403 g/mol. The van der Waals surface area contributed by atoms with Gasteiger partial charge in [-0.3, -0.25) is 9.59 Å². The SMILES string of the molecule is CN(C)C(=O)[C@@]1(Cc2cc(-c3ccccc3)no2)CCCN1C(=O)c1ccccc1. The van der Waals surface area contributed by atoms with Crippen molar-refractivity contribution in [2.45, 2.75) is 24.8 Å². The molecule has 0 radical (unpaired) electrons. The Morgan fingerprint density at radius 3 is 2.40 bits per heavy atom. The van der Waals surface area contributed by atoms with Crippen LogP contribution in [0.1, 0.15) is 29.0 Å². The predicted molar refractivity (Wildman–Crippen MR) is 114 cm³/mol. The van der Waals surface area contributed by atoms with Gasteiger partial charge in [-0.2, -0.15) is 0 Å². The zero-order valence-electron chi connectivity index (χ0n) is 17.2. The molecule has 2 aromatic carbocycles. The zero-order chi connectivity index (χ0) is 21.1. The molecular formula is C24H25N3O3. The molecule has 2 heterocycles. The van der Waals surface area contributed by atoms with Crippen molar-refractivity contribution in [3.05, 3.63) is 78.1 Å². The van der Waals surface area contributed by atoms with Crippen molar-refractivity contribution in [1.29, 1.82) is 0 Å². The van der Waals surface area contributed by atoms with E-state index in [9.17, 15) is 9.59 Å². The second-order valence-electron chi connectivity index (χ2n) is 7.88. The van der Waals surface area contributed by atoms with Gasteiger partial charge < -0.3 is 14.3 Å². The number of rotatable bonds is 5. The summed E-state index contributed by atoms with van der Waals surface area (Å²) in [6.45, 7) is 0.535. The van der Waals surface area contributed by atoms with E-state index >= 15 is 0 Å². The van der Waals surface area contributed by atoms with Crippen LogP contribution in [0.2, 0.25) is 0 Å². The molecule has 6 nitrogen and oxygen atoms in total. The minimum atomic E-state index is -0.982. The number of likely N-dealkylation sites (N-methyl/N-ethyl adjacent to an activating group) is 1. The van der Waals surface area contributed by atoms with Crippen LogP contribution in [0.4, 0.5) is 0 Å². The van der Waals surface area contributed by atoms with Gasteiger partial charge in [0, 0.05) is 44.3 Å². The summed E-state index contributed by atoms with van der Waals surface area (Å²) < 4.78 is 5.61. The molecule has 4 rings (SSSR count). The maximum Gasteiger partial charge on any atom is 0.254 e. The molecule has 2 amide bonds. The van der Waals surface area contributed by atoms with Crippen LogP contribution in [-0.4, -0.2) is 52.9 Å². The molecule has 0 unspecified atom stereocenters. The molecular weight excluding hydrogens is 378 g/mol. The van der Waals surface area contributed by atoms with Gasteiger partial charge in [-0.05, 0) is 25.0 Å². The molecule has 3 aromatic rings. The Hall–Kier alpha value is -3.41. The summed E-state index contributed by atoms with van der Waals surface area (Å²) in [5.74, 6) is 0.366. The molecule has 1 atom stereocenters. The van der Waals surface area contributed by atoms with Gasteiger partial charge in [0.15, 0.2) is 0 Å². The Labute approximate surface area is 176 Å². The van der Waals surface area contributed by atoms with Gasteiger partial charge >= 0.3 is 0 Å². The number of likely N-dealkylation sites (tertiary alicyclic amines) is 1. The van der Waals surface area contributed by atoms with Crippen LogP contribution in [-0.2, 0) is 11.2 Å². The second-order valence-corrected chi connectivity index (χ2v) is 7.88.